The number of aliphatic hydroxyl groups is 3. The van der Waals surface area contributed by atoms with Crippen LogP contribution in [0.3, 0.4) is 0 Å². The lowest BCUT2D eigenvalue weighted by Crippen LogP contribution is -2.45. The highest BCUT2D eigenvalue weighted by molar-refractivity contribution is 5.93. The van der Waals surface area contributed by atoms with Gasteiger partial charge in [-0.15, -0.1) is 0 Å². The molecular weight excluding hydrogens is 364 g/mol. The highest BCUT2D eigenvalue weighted by Crippen LogP contribution is 2.63. The van der Waals surface area contributed by atoms with Gasteiger partial charge in [0.25, 0.3) is 0 Å². The van der Waals surface area contributed by atoms with Gasteiger partial charge in [0.1, 0.15) is 0 Å². The Morgan fingerprint density at radius 1 is 1.31 bits per heavy atom. The van der Waals surface area contributed by atoms with E-state index in [1.54, 1.807) is 19.1 Å². The maximum Gasteiger partial charge on any atom is 0.159 e. The Bertz CT molecular complexity index is 759. The van der Waals surface area contributed by atoms with E-state index in [9.17, 15) is 20.1 Å². The molecule has 0 aromatic carbocycles. The van der Waals surface area contributed by atoms with E-state index in [0.717, 1.165) is 32.1 Å². The van der Waals surface area contributed by atoms with Crippen molar-refractivity contribution in [1.29, 1.82) is 0 Å². The van der Waals surface area contributed by atoms with Crippen LogP contribution in [0.1, 0.15) is 65.7 Å². The highest BCUT2D eigenvalue weighted by Gasteiger charge is 2.57. The van der Waals surface area contributed by atoms with Crippen molar-refractivity contribution in [2.24, 2.45) is 29.1 Å². The van der Waals surface area contributed by atoms with Crippen LogP contribution in [0.2, 0.25) is 0 Å². The van der Waals surface area contributed by atoms with Crippen LogP contribution in [0.15, 0.2) is 35.5 Å². The first-order valence-corrected chi connectivity index (χ1v) is 11.3. The summed E-state index contributed by atoms with van der Waals surface area (Å²) in [6.07, 6.45) is 12.6. The van der Waals surface area contributed by atoms with E-state index in [4.69, 9.17) is 0 Å². The van der Waals surface area contributed by atoms with Gasteiger partial charge >= 0.3 is 0 Å². The van der Waals surface area contributed by atoms with Crippen LogP contribution >= 0.6 is 0 Å². The number of hydrogen-bond acceptors (Lipinski definition) is 4. The fourth-order valence-electron chi connectivity index (χ4n) is 6.95. The van der Waals surface area contributed by atoms with Crippen molar-refractivity contribution < 1.29 is 20.1 Å². The summed E-state index contributed by atoms with van der Waals surface area (Å²) in [5, 5.41) is 31.1. The number of aliphatic hydroxyl groups excluding tert-OH is 2. The summed E-state index contributed by atoms with van der Waals surface area (Å²) in [7, 11) is 0. The zero-order valence-corrected chi connectivity index (χ0v) is 18.0. The summed E-state index contributed by atoms with van der Waals surface area (Å²) >= 11 is 0. The molecule has 0 heterocycles. The van der Waals surface area contributed by atoms with Crippen molar-refractivity contribution in [1.82, 2.24) is 0 Å². The molecule has 0 spiro atoms. The molecule has 8 atom stereocenters. The molecule has 4 aliphatic rings. The van der Waals surface area contributed by atoms with Crippen LogP contribution < -0.4 is 0 Å². The second-order valence-corrected chi connectivity index (χ2v) is 10.5. The first kappa shape index (κ1) is 21.0. The SMILES string of the molecule is CC(O)/C=C/[C@](C)(O)[C@H]1CC[C@H]2C3=CC(=O)[C@@H]4CC(=CC[C@H](O)C4)[C@H]3CC[C@@]21C. The van der Waals surface area contributed by atoms with Gasteiger partial charge in [0.2, 0.25) is 0 Å². The van der Waals surface area contributed by atoms with E-state index in [1.807, 2.05) is 13.0 Å². The predicted molar refractivity (Wildman–Crippen MR) is 113 cm³/mol. The van der Waals surface area contributed by atoms with Gasteiger partial charge in [-0.1, -0.05) is 36.3 Å². The summed E-state index contributed by atoms with van der Waals surface area (Å²) in [4.78, 5) is 13.0. The normalized spacial score (nSPS) is 42.8. The standard InChI is InChI=1S/C25H36O4/c1-15(26)8-11-25(3,29)23-7-6-21-20-14-22(28)17-12-16(4-5-18(27)13-17)19(20)9-10-24(21,23)2/h4,8,11,14-15,17-19,21,23,26-27,29H,5-7,9-10,12-13H2,1-3H3/b11-8+/t15?,17-,18+,19-,21+,23+,24+,25+/m1/s1. The van der Waals surface area contributed by atoms with Crippen molar-refractivity contribution in [3.8, 4) is 0 Å². The summed E-state index contributed by atoms with van der Waals surface area (Å²) in [5.41, 5.74) is 1.62. The van der Waals surface area contributed by atoms with Crippen LogP contribution in [-0.2, 0) is 4.79 Å². The minimum Gasteiger partial charge on any atom is -0.393 e. The average Bonchev–Trinajstić information content (AvgIpc) is 2.81. The highest BCUT2D eigenvalue weighted by atomic mass is 16.3. The monoisotopic (exact) mass is 400 g/mol. The molecule has 29 heavy (non-hydrogen) atoms. The number of allylic oxidation sites excluding steroid dienone is 3. The molecule has 0 saturated heterocycles. The second-order valence-electron chi connectivity index (χ2n) is 10.5. The minimum atomic E-state index is -0.973. The maximum absolute atomic E-state index is 13.0. The van der Waals surface area contributed by atoms with Crippen LogP contribution in [0.4, 0.5) is 0 Å². The third kappa shape index (κ3) is 3.68. The van der Waals surface area contributed by atoms with E-state index in [2.05, 4.69) is 13.0 Å². The number of carbonyl (C=O) groups excluding carboxylic acids is 1. The van der Waals surface area contributed by atoms with Crippen LogP contribution in [0.5, 0.6) is 0 Å². The average molecular weight is 401 g/mol. The molecule has 2 bridgehead atoms. The van der Waals surface area contributed by atoms with Crippen LogP contribution in [0, 0.1) is 29.1 Å². The van der Waals surface area contributed by atoms with Crippen molar-refractivity contribution in [3.05, 3.63) is 35.5 Å². The Kier molecular flexibility index (Phi) is 5.42. The van der Waals surface area contributed by atoms with Gasteiger partial charge < -0.3 is 15.3 Å². The lowest BCUT2D eigenvalue weighted by molar-refractivity contribution is -0.119. The van der Waals surface area contributed by atoms with E-state index in [0.29, 0.717) is 24.7 Å². The predicted octanol–water partition coefficient (Wildman–Crippen LogP) is 3.71. The second kappa shape index (κ2) is 7.47. The minimum absolute atomic E-state index is 0.0519. The number of ketones is 1. The molecule has 0 radical (unpaired) electrons. The van der Waals surface area contributed by atoms with Gasteiger partial charge in [0.15, 0.2) is 5.78 Å². The Morgan fingerprint density at radius 3 is 2.79 bits per heavy atom. The molecule has 0 aliphatic heterocycles. The van der Waals surface area contributed by atoms with Crippen LogP contribution in [-0.4, -0.2) is 38.9 Å². The van der Waals surface area contributed by atoms with Crippen molar-refractivity contribution in [2.45, 2.75) is 83.5 Å². The third-order valence-corrected chi connectivity index (χ3v) is 8.38. The van der Waals surface area contributed by atoms with E-state index in [-0.39, 0.29) is 23.0 Å². The molecule has 0 aromatic rings. The van der Waals surface area contributed by atoms with E-state index < -0.39 is 17.8 Å². The third-order valence-electron chi connectivity index (χ3n) is 8.38. The molecule has 1 unspecified atom stereocenters. The van der Waals surface area contributed by atoms with Gasteiger partial charge in [-0.3, -0.25) is 4.79 Å². The molecule has 0 amide bonds. The van der Waals surface area contributed by atoms with E-state index in [1.165, 1.54) is 11.1 Å². The maximum atomic E-state index is 13.0. The van der Waals surface area contributed by atoms with E-state index >= 15 is 0 Å². The summed E-state index contributed by atoms with van der Waals surface area (Å²) in [5.74, 6) is 0.838. The zero-order chi connectivity index (χ0) is 21.0. The van der Waals surface area contributed by atoms with Gasteiger partial charge in [-0.2, -0.15) is 0 Å². The van der Waals surface area contributed by atoms with Crippen molar-refractivity contribution >= 4 is 5.78 Å². The Hall–Kier alpha value is -1.23. The first-order chi connectivity index (χ1) is 13.6. The fourth-order valence-corrected chi connectivity index (χ4v) is 6.95. The zero-order valence-electron chi connectivity index (χ0n) is 18.0. The number of hydrogen-bond donors (Lipinski definition) is 3. The quantitative estimate of drug-likeness (QED) is 0.631. The molecule has 0 aromatic heterocycles. The molecule has 4 aliphatic carbocycles. The molecular formula is C25H36O4. The van der Waals surface area contributed by atoms with Crippen molar-refractivity contribution in [3.63, 3.8) is 0 Å². The van der Waals surface area contributed by atoms with Gasteiger partial charge in [0.05, 0.1) is 17.8 Å². The number of rotatable bonds is 3. The Morgan fingerprint density at radius 2 is 2.07 bits per heavy atom. The fraction of sp³-hybridized carbons (Fsp3) is 0.720. The topological polar surface area (TPSA) is 77.8 Å². The summed E-state index contributed by atoms with van der Waals surface area (Å²) < 4.78 is 0. The summed E-state index contributed by atoms with van der Waals surface area (Å²) in [6, 6.07) is 0. The Balaban J connectivity index is 1.67. The smallest absolute Gasteiger partial charge is 0.159 e. The number of carbonyl (C=O) groups is 1. The van der Waals surface area contributed by atoms with Gasteiger partial charge in [0, 0.05) is 11.8 Å². The molecule has 3 N–H and O–H groups in total. The van der Waals surface area contributed by atoms with Gasteiger partial charge in [-0.05, 0) is 82.1 Å². The summed E-state index contributed by atoms with van der Waals surface area (Å²) in [6.45, 7) is 5.86. The lowest BCUT2D eigenvalue weighted by atomic mass is 9.57. The molecule has 2 saturated carbocycles. The largest absolute Gasteiger partial charge is 0.393 e. The lowest BCUT2D eigenvalue weighted by Gasteiger charge is -2.49. The first-order valence-electron chi connectivity index (χ1n) is 11.3. The molecule has 160 valence electrons. The van der Waals surface area contributed by atoms with Crippen molar-refractivity contribution in [2.75, 3.05) is 0 Å². The number of fused-ring (bicyclic) bond motifs is 6. The molecule has 4 rings (SSSR count). The Labute approximate surface area is 174 Å². The molecule has 2 fully saturated rings. The van der Waals surface area contributed by atoms with Gasteiger partial charge in [-0.25, -0.2) is 0 Å². The molecule has 4 heteroatoms. The molecule has 4 nitrogen and oxygen atoms in total. The van der Waals surface area contributed by atoms with Crippen LogP contribution in [0.25, 0.3) is 0 Å².